The summed E-state index contributed by atoms with van der Waals surface area (Å²) in [6, 6.07) is 49.1. The Balaban J connectivity index is 1.16. The minimum absolute atomic E-state index is 0.869. The maximum Gasteiger partial charge on any atom is 0.0985 e. The zero-order chi connectivity index (χ0) is 33.0. The van der Waals surface area contributed by atoms with Crippen molar-refractivity contribution in [2.45, 2.75) is 0 Å². The summed E-state index contributed by atoms with van der Waals surface area (Å²) in [6.07, 6.45) is 7.28. The van der Waals surface area contributed by atoms with Gasteiger partial charge in [0.2, 0.25) is 0 Å². The Bertz CT molecular complexity index is 2780. The first-order chi connectivity index (χ1) is 24.8. The standard InChI is InChI=1S/C44H27N5S/c1-2-8-29(9-3-1)36-19-21-40-43(48-36)42-39(20-18-35-34-12-4-5-13-41(34)50-44(35)42)49(40)33-16-14-28(15-17-33)32-24-37(30-10-6-22-45-26-30)47-38(25-32)31-11-7-23-46-27-31/h1-27H. The van der Waals surface area contributed by atoms with Crippen LogP contribution in [0.25, 0.3) is 92.7 Å². The number of pyridine rings is 4. The fourth-order valence-electron chi connectivity index (χ4n) is 7.01. The first-order valence-corrected chi connectivity index (χ1v) is 17.3. The molecule has 10 aromatic rings. The molecule has 6 heteroatoms. The molecule has 0 amide bonds. The Hall–Kier alpha value is -6.50. The smallest absolute Gasteiger partial charge is 0.0985 e. The Morgan fingerprint density at radius 1 is 0.460 bits per heavy atom. The molecular weight excluding hydrogens is 631 g/mol. The Morgan fingerprint density at radius 2 is 1.14 bits per heavy atom. The van der Waals surface area contributed by atoms with Crippen molar-refractivity contribution < 1.29 is 0 Å². The molecule has 0 aliphatic carbocycles. The van der Waals surface area contributed by atoms with Crippen LogP contribution in [0.15, 0.2) is 164 Å². The molecule has 4 aromatic carbocycles. The van der Waals surface area contributed by atoms with Gasteiger partial charge < -0.3 is 4.57 Å². The molecule has 5 nitrogen and oxygen atoms in total. The average molecular weight is 658 g/mol. The van der Waals surface area contributed by atoms with Gasteiger partial charge in [-0.1, -0.05) is 66.7 Å². The van der Waals surface area contributed by atoms with Crippen LogP contribution in [-0.2, 0) is 0 Å². The van der Waals surface area contributed by atoms with Crippen molar-refractivity contribution in [1.29, 1.82) is 0 Å². The fraction of sp³-hybridized carbons (Fsp3) is 0. The lowest BCUT2D eigenvalue weighted by molar-refractivity contribution is 1.18. The first kappa shape index (κ1) is 28.5. The zero-order valence-corrected chi connectivity index (χ0v) is 27.5. The molecule has 0 aliphatic rings. The predicted molar refractivity (Wildman–Crippen MR) is 207 cm³/mol. The summed E-state index contributed by atoms with van der Waals surface area (Å²) in [4.78, 5) is 19.1. The molecule has 6 aromatic heterocycles. The van der Waals surface area contributed by atoms with Crippen molar-refractivity contribution in [3.63, 3.8) is 0 Å². The highest BCUT2D eigenvalue weighted by Gasteiger charge is 2.19. The lowest BCUT2D eigenvalue weighted by Crippen LogP contribution is -1.95. The third-order valence-corrected chi connectivity index (χ3v) is 10.6. The summed E-state index contributed by atoms with van der Waals surface area (Å²) in [5.41, 5.74) is 12.3. The number of hydrogen-bond acceptors (Lipinski definition) is 5. The summed E-state index contributed by atoms with van der Waals surface area (Å²) in [6.45, 7) is 0. The van der Waals surface area contributed by atoms with E-state index in [-0.39, 0.29) is 0 Å². The van der Waals surface area contributed by atoms with Gasteiger partial charge in [0.15, 0.2) is 0 Å². The minimum Gasteiger partial charge on any atom is -0.308 e. The highest BCUT2D eigenvalue weighted by Crippen LogP contribution is 2.43. The van der Waals surface area contributed by atoms with Crippen LogP contribution in [0.4, 0.5) is 0 Å². The molecule has 0 radical (unpaired) electrons. The van der Waals surface area contributed by atoms with Gasteiger partial charge in [-0.05, 0) is 83.9 Å². The Morgan fingerprint density at radius 3 is 1.86 bits per heavy atom. The Labute approximate surface area is 291 Å². The maximum atomic E-state index is 5.35. The second kappa shape index (κ2) is 11.6. The molecule has 0 spiro atoms. The first-order valence-electron chi connectivity index (χ1n) is 16.5. The normalized spacial score (nSPS) is 11.6. The van der Waals surface area contributed by atoms with Gasteiger partial charge >= 0.3 is 0 Å². The van der Waals surface area contributed by atoms with E-state index in [9.17, 15) is 0 Å². The number of nitrogens with zero attached hydrogens (tertiary/aromatic N) is 5. The van der Waals surface area contributed by atoms with E-state index in [0.29, 0.717) is 0 Å². The van der Waals surface area contributed by atoms with Gasteiger partial charge in [0.25, 0.3) is 0 Å². The summed E-state index contributed by atoms with van der Waals surface area (Å²) < 4.78 is 4.91. The molecule has 0 saturated carbocycles. The van der Waals surface area contributed by atoms with Crippen molar-refractivity contribution in [2.24, 2.45) is 0 Å². The molecule has 6 heterocycles. The average Bonchev–Trinajstić information content (AvgIpc) is 3.74. The number of benzene rings is 4. The van der Waals surface area contributed by atoms with Gasteiger partial charge in [-0.15, -0.1) is 11.3 Å². The van der Waals surface area contributed by atoms with E-state index in [2.05, 4.69) is 124 Å². The number of aromatic nitrogens is 5. The van der Waals surface area contributed by atoms with Crippen LogP contribution in [0.5, 0.6) is 0 Å². The van der Waals surface area contributed by atoms with Crippen LogP contribution in [0.3, 0.4) is 0 Å². The van der Waals surface area contributed by atoms with E-state index in [1.165, 1.54) is 25.6 Å². The molecule has 10 rings (SSSR count). The highest BCUT2D eigenvalue weighted by atomic mass is 32.1. The van der Waals surface area contributed by atoms with Gasteiger partial charge in [-0.2, -0.15) is 0 Å². The summed E-state index contributed by atoms with van der Waals surface area (Å²) in [5.74, 6) is 0. The molecule has 50 heavy (non-hydrogen) atoms. The van der Waals surface area contributed by atoms with E-state index in [0.717, 1.165) is 67.1 Å². The van der Waals surface area contributed by atoms with Crippen LogP contribution >= 0.6 is 11.3 Å². The van der Waals surface area contributed by atoms with Crippen molar-refractivity contribution in [3.8, 4) is 50.6 Å². The van der Waals surface area contributed by atoms with Crippen LogP contribution in [-0.4, -0.2) is 24.5 Å². The molecule has 0 aliphatic heterocycles. The molecular formula is C44H27N5S. The molecule has 0 fully saturated rings. The lowest BCUT2D eigenvalue weighted by atomic mass is 10.0. The Kier molecular flexibility index (Phi) is 6.60. The third-order valence-electron chi connectivity index (χ3n) is 9.39. The summed E-state index contributed by atoms with van der Waals surface area (Å²) in [7, 11) is 0. The highest BCUT2D eigenvalue weighted by molar-refractivity contribution is 7.26. The van der Waals surface area contributed by atoms with Crippen LogP contribution < -0.4 is 0 Å². The topological polar surface area (TPSA) is 56.5 Å². The summed E-state index contributed by atoms with van der Waals surface area (Å²) >= 11 is 1.85. The van der Waals surface area contributed by atoms with Crippen LogP contribution in [0.1, 0.15) is 0 Å². The summed E-state index contributed by atoms with van der Waals surface area (Å²) in [5, 5.41) is 3.75. The van der Waals surface area contributed by atoms with Gasteiger partial charge in [-0.3, -0.25) is 9.97 Å². The molecule has 234 valence electrons. The van der Waals surface area contributed by atoms with E-state index in [1.54, 1.807) is 12.4 Å². The quantitative estimate of drug-likeness (QED) is 0.185. The molecule has 0 atom stereocenters. The lowest BCUT2D eigenvalue weighted by Gasteiger charge is -2.12. The van der Waals surface area contributed by atoms with Gasteiger partial charge in [0, 0.05) is 72.7 Å². The van der Waals surface area contributed by atoms with Gasteiger partial charge in [0.1, 0.15) is 0 Å². The molecule has 0 saturated heterocycles. The van der Waals surface area contributed by atoms with Gasteiger partial charge in [0.05, 0.1) is 33.6 Å². The number of thiophene rings is 1. The van der Waals surface area contributed by atoms with E-state index in [1.807, 2.05) is 54.1 Å². The monoisotopic (exact) mass is 657 g/mol. The number of hydrogen-bond donors (Lipinski definition) is 0. The van der Waals surface area contributed by atoms with Crippen molar-refractivity contribution >= 4 is 53.4 Å². The maximum absolute atomic E-state index is 5.35. The zero-order valence-electron chi connectivity index (χ0n) is 26.7. The largest absolute Gasteiger partial charge is 0.308 e. The number of rotatable bonds is 5. The van der Waals surface area contributed by atoms with E-state index >= 15 is 0 Å². The second-order valence-corrected chi connectivity index (χ2v) is 13.4. The van der Waals surface area contributed by atoms with Crippen molar-refractivity contribution in [3.05, 3.63) is 164 Å². The number of fused-ring (bicyclic) bond motifs is 7. The van der Waals surface area contributed by atoms with Crippen molar-refractivity contribution in [1.82, 2.24) is 24.5 Å². The second-order valence-electron chi connectivity index (χ2n) is 12.4. The minimum atomic E-state index is 0.869. The molecule has 0 N–H and O–H groups in total. The van der Waals surface area contributed by atoms with E-state index in [4.69, 9.17) is 9.97 Å². The SMILES string of the molecule is c1ccc(-c2ccc3c(n2)c2c4sc5ccccc5c4ccc2n3-c2ccc(-c3cc(-c4cccnc4)nc(-c4cccnc4)c3)cc2)cc1. The molecule has 0 bridgehead atoms. The van der Waals surface area contributed by atoms with E-state index < -0.39 is 0 Å². The van der Waals surface area contributed by atoms with Crippen LogP contribution in [0, 0.1) is 0 Å². The third kappa shape index (κ3) is 4.69. The van der Waals surface area contributed by atoms with Gasteiger partial charge in [-0.25, -0.2) is 9.97 Å². The fourth-order valence-corrected chi connectivity index (χ4v) is 8.26. The predicted octanol–water partition coefficient (Wildman–Crippen LogP) is 11.4. The molecule has 0 unspecified atom stereocenters. The van der Waals surface area contributed by atoms with Crippen LogP contribution in [0.2, 0.25) is 0 Å². The van der Waals surface area contributed by atoms with Crippen molar-refractivity contribution in [2.75, 3.05) is 0 Å².